The number of fused-ring (bicyclic) bond motifs is 5. The van der Waals surface area contributed by atoms with Gasteiger partial charge in [0.1, 0.15) is 0 Å². The summed E-state index contributed by atoms with van der Waals surface area (Å²) in [5.74, 6) is 3.46. The number of benzene rings is 1. The number of hydrogen-bond donors (Lipinski definition) is 1. The maximum atomic E-state index is 11.8. The van der Waals surface area contributed by atoms with Crippen LogP contribution in [0.5, 0.6) is 0 Å². The molecule has 1 heteroatoms. The molecule has 0 heterocycles. The van der Waals surface area contributed by atoms with Gasteiger partial charge in [-0.05, 0) is 135 Å². The highest BCUT2D eigenvalue weighted by Gasteiger charge is 2.67. The Labute approximate surface area is 223 Å². The summed E-state index contributed by atoms with van der Waals surface area (Å²) in [5.41, 5.74) is 3.96. The molecule has 0 aromatic heterocycles. The Balaban J connectivity index is 1.41. The molecule has 36 heavy (non-hydrogen) atoms. The lowest BCUT2D eigenvalue weighted by Crippen LogP contribution is -2.65. The molecule has 0 spiro atoms. The second-order valence-corrected chi connectivity index (χ2v) is 15.9. The number of aliphatic hydroxyl groups is 1. The first-order chi connectivity index (χ1) is 16.7. The first-order valence-electron chi connectivity index (χ1n) is 15.5. The zero-order valence-corrected chi connectivity index (χ0v) is 24.9. The van der Waals surface area contributed by atoms with E-state index < -0.39 is 5.60 Å². The average molecular weight is 493 g/mol. The molecule has 0 amide bonds. The van der Waals surface area contributed by atoms with Gasteiger partial charge < -0.3 is 5.11 Å². The van der Waals surface area contributed by atoms with Crippen molar-refractivity contribution in [1.29, 1.82) is 0 Å². The van der Waals surface area contributed by atoms with Crippen LogP contribution in [0.4, 0.5) is 0 Å². The van der Waals surface area contributed by atoms with Crippen LogP contribution in [0.15, 0.2) is 24.3 Å². The summed E-state index contributed by atoms with van der Waals surface area (Å²) in [5, 5.41) is 11.8. The minimum Gasteiger partial charge on any atom is -0.390 e. The highest BCUT2D eigenvalue weighted by molar-refractivity contribution is 5.24. The van der Waals surface area contributed by atoms with Crippen molar-refractivity contribution >= 4 is 0 Å². The van der Waals surface area contributed by atoms with E-state index in [2.05, 4.69) is 79.7 Å². The largest absolute Gasteiger partial charge is 0.390 e. The molecule has 5 rings (SSSR count). The van der Waals surface area contributed by atoms with Gasteiger partial charge in [-0.3, -0.25) is 0 Å². The van der Waals surface area contributed by atoms with Gasteiger partial charge in [0.15, 0.2) is 0 Å². The van der Waals surface area contributed by atoms with Crippen LogP contribution in [0.25, 0.3) is 0 Å². The van der Waals surface area contributed by atoms with E-state index in [0.717, 1.165) is 30.6 Å². The third-order valence-electron chi connectivity index (χ3n) is 13.4. The molecule has 0 aliphatic heterocycles. The fraction of sp³-hybridized carbons (Fsp3) is 0.829. The van der Waals surface area contributed by atoms with Crippen molar-refractivity contribution in [2.45, 2.75) is 138 Å². The van der Waals surface area contributed by atoms with Gasteiger partial charge in [-0.25, -0.2) is 0 Å². The average Bonchev–Trinajstić information content (AvgIpc) is 2.77. The molecule has 1 aromatic rings. The summed E-state index contributed by atoms with van der Waals surface area (Å²) < 4.78 is 0. The molecule has 4 saturated carbocycles. The molecule has 1 aromatic carbocycles. The van der Waals surface area contributed by atoms with Crippen molar-refractivity contribution in [3.63, 3.8) is 0 Å². The van der Waals surface area contributed by atoms with Crippen LogP contribution in [0.1, 0.15) is 136 Å². The van der Waals surface area contributed by atoms with Crippen LogP contribution in [0, 0.1) is 52.3 Å². The van der Waals surface area contributed by atoms with Crippen molar-refractivity contribution < 1.29 is 5.11 Å². The van der Waals surface area contributed by atoms with Crippen LogP contribution in [0.3, 0.4) is 0 Å². The van der Waals surface area contributed by atoms with Crippen molar-refractivity contribution in [3.05, 3.63) is 35.4 Å². The molecule has 0 saturated heterocycles. The molecule has 4 aliphatic carbocycles. The summed E-state index contributed by atoms with van der Waals surface area (Å²) in [7, 11) is 0. The maximum absolute atomic E-state index is 11.8. The quantitative estimate of drug-likeness (QED) is 0.443. The second kappa shape index (κ2) is 8.86. The van der Waals surface area contributed by atoms with Crippen LogP contribution in [-0.4, -0.2) is 10.7 Å². The molecule has 4 fully saturated rings. The van der Waals surface area contributed by atoms with Crippen LogP contribution in [-0.2, 0) is 0 Å². The van der Waals surface area contributed by atoms with E-state index in [-0.39, 0.29) is 5.41 Å². The van der Waals surface area contributed by atoms with E-state index >= 15 is 0 Å². The zero-order chi connectivity index (χ0) is 26.1. The fourth-order valence-electron chi connectivity index (χ4n) is 11.7. The van der Waals surface area contributed by atoms with Gasteiger partial charge in [0.2, 0.25) is 0 Å². The minimum atomic E-state index is -0.532. The highest BCUT2D eigenvalue weighted by atomic mass is 16.3. The lowest BCUT2D eigenvalue weighted by atomic mass is 9.34. The van der Waals surface area contributed by atoms with Crippen LogP contribution in [0.2, 0.25) is 0 Å². The lowest BCUT2D eigenvalue weighted by molar-refractivity contribution is -0.236. The van der Waals surface area contributed by atoms with Gasteiger partial charge in [0.25, 0.3) is 0 Å². The summed E-state index contributed by atoms with van der Waals surface area (Å²) >= 11 is 0. The summed E-state index contributed by atoms with van der Waals surface area (Å²) in [6, 6.07) is 9.15. The SMILES string of the molecule is Cc1ccc([C@H](C)CC[C@@H]2[C@@]3(C)CCC4[C@@](C)(CC[C@H]5C(C)(C)CCC[C@]45C)[C@@H]3CC[C@@]2(C)O)cc1. The molecule has 0 radical (unpaired) electrons. The molecule has 1 nitrogen and oxygen atoms in total. The summed E-state index contributed by atoms with van der Waals surface area (Å²) in [6.45, 7) is 20.0. The molecule has 4 aliphatic rings. The van der Waals surface area contributed by atoms with Crippen molar-refractivity contribution in [2.75, 3.05) is 0 Å². The van der Waals surface area contributed by atoms with Gasteiger partial charge in [-0.15, -0.1) is 0 Å². The third kappa shape index (κ3) is 4.04. The standard InChI is InChI=1S/C35H56O/c1-24-10-13-26(14-11-24)25(2)12-15-30-34(7)22-17-28-32(5)20-9-19-31(3,4)27(32)16-21-33(28,6)29(34)18-23-35(30,8)36/h10-11,13-14,25,27-30,36H,9,12,15-23H2,1-8H3/t25-,27+,28?,29+,30-,32+,33-,34+,35-/m1/s1. The maximum Gasteiger partial charge on any atom is 0.0653 e. The van der Waals surface area contributed by atoms with Crippen molar-refractivity contribution in [1.82, 2.24) is 0 Å². The Morgan fingerprint density at radius 2 is 1.31 bits per heavy atom. The number of rotatable bonds is 4. The first kappa shape index (κ1) is 26.8. The van der Waals surface area contributed by atoms with Crippen LogP contribution >= 0.6 is 0 Å². The molecule has 1 N–H and O–H groups in total. The van der Waals surface area contributed by atoms with Gasteiger partial charge in [0.05, 0.1) is 5.60 Å². The Morgan fingerprint density at radius 3 is 2.00 bits per heavy atom. The van der Waals surface area contributed by atoms with E-state index in [4.69, 9.17) is 0 Å². The molecule has 202 valence electrons. The molecular weight excluding hydrogens is 436 g/mol. The lowest BCUT2D eigenvalue weighted by Gasteiger charge is -2.71. The number of hydrogen-bond acceptors (Lipinski definition) is 1. The Morgan fingerprint density at radius 1 is 0.750 bits per heavy atom. The normalized spacial score (nSPS) is 46.8. The fourth-order valence-corrected chi connectivity index (χ4v) is 11.7. The first-order valence-corrected chi connectivity index (χ1v) is 15.5. The van der Waals surface area contributed by atoms with E-state index in [0.29, 0.717) is 28.1 Å². The van der Waals surface area contributed by atoms with Crippen molar-refractivity contribution in [3.8, 4) is 0 Å². The van der Waals surface area contributed by atoms with Gasteiger partial charge in [-0.1, -0.05) is 77.8 Å². The summed E-state index contributed by atoms with van der Waals surface area (Å²) in [6.07, 6.45) is 14.4. The molecule has 9 atom stereocenters. The Hall–Kier alpha value is -0.820. The van der Waals surface area contributed by atoms with E-state index in [1.807, 2.05) is 0 Å². The molecule has 0 bridgehead atoms. The Kier molecular flexibility index (Phi) is 6.59. The van der Waals surface area contributed by atoms with Crippen LogP contribution < -0.4 is 0 Å². The zero-order valence-electron chi connectivity index (χ0n) is 24.9. The minimum absolute atomic E-state index is 0.257. The van der Waals surface area contributed by atoms with E-state index in [1.165, 1.54) is 68.9 Å². The van der Waals surface area contributed by atoms with E-state index in [9.17, 15) is 5.11 Å². The third-order valence-corrected chi connectivity index (χ3v) is 13.4. The molecule has 1 unspecified atom stereocenters. The monoisotopic (exact) mass is 492 g/mol. The van der Waals surface area contributed by atoms with Gasteiger partial charge in [0, 0.05) is 0 Å². The predicted molar refractivity (Wildman–Crippen MR) is 153 cm³/mol. The van der Waals surface area contributed by atoms with E-state index in [1.54, 1.807) is 0 Å². The second-order valence-electron chi connectivity index (χ2n) is 15.9. The topological polar surface area (TPSA) is 20.2 Å². The number of aryl methyl sites for hydroxylation is 1. The predicted octanol–water partition coefficient (Wildman–Crippen LogP) is 9.70. The van der Waals surface area contributed by atoms with Gasteiger partial charge >= 0.3 is 0 Å². The summed E-state index contributed by atoms with van der Waals surface area (Å²) in [4.78, 5) is 0. The van der Waals surface area contributed by atoms with Gasteiger partial charge in [-0.2, -0.15) is 0 Å². The highest BCUT2D eigenvalue weighted by Crippen LogP contribution is 2.74. The Bertz CT molecular complexity index is 942. The van der Waals surface area contributed by atoms with Crippen molar-refractivity contribution in [2.24, 2.45) is 45.3 Å². The smallest absolute Gasteiger partial charge is 0.0653 e. The molecular formula is C35H56O.